The van der Waals surface area contributed by atoms with Gasteiger partial charge < -0.3 is 9.47 Å². The molecule has 1 aliphatic heterocycles. The van der Waals surface area contributed by atoms with Crippen molar-refractivity contribution in [2.24, 2.45) is 0 Å². The van der Waals surface area contributed by atoms with Gasteiger partial charge in [-0.2, -0.15) is 8.78 Å². The summed E-state index contributed by atoms with van der Waals surface area (Å²) in [4.78, 5) is 12.8. The molecule has 0 spiro atoms. The van der Waals surface area contributed by atoms with Gasteiger partial charge in [-0.15, -0.1) is 0 Å². The third-order valence-corrected chi connectivity index (χ3v) is 5.29. The lowest BCUT2D eigenvalue weighted by molar-refractivity contribution is -0.0498. The minimum Gasteiger partial charge on any atom is -0.447 e. The molecule has 0 aromatic heterocycles. The highest BCUT2D eigenvalue weighted by molar-refractivity contribution is 7.92. The van der Waals surface area contributed by atoms with Gasteiger partial charge in [0, 0.05) is 0 Å². The topological polar surface area (TPSA) is 84.9 Å². The van der Waals surface area contributed by atoms with Crippen LogP contribution in [-0.2, 0) is 14.8 Å². The molecule has 2 aromatic rings. The smallest absolute Gasteiger partial charge is 0.414 e. The van der Waals surface area contributed by atoms with E-state index in [-0.39, 0.29) is 34.5 Å². The van der Waals surface area contributed by atoms with E-state index in [1.807, 2.05) is 0 Å². The Labute approximate surface area is 158 Å². The summed E-state index contributed by atoms with van der Waals surface area (Å²) in [6.07, 6.45) is -0.585. The van der Waals surface area contributed by atoms with Crippen molar-refractivity contribution in [3.05, 3.63) is 47.5 Å². The average Bonchev–Trinajstić information content (AvgIpc) is 3.02. The van der Waals surface area contributed by atoms with Crippen LogP contribution in [0.15, 0.2) is 47.4 Å². The monoisotopic (exact) mass is 418 g/mol. The number of ether oxygens (including phenoxy) is 2. The summed E-state index contributed by atoms with van der Waals surface area (Å²) in [5.74, 6) is -0.342. The van der Waals surface area contributed by atoms with Crippen molar-refractivity contribution in [2.75, 3.05) is 22.8 Å². The van der Waals surface area contributed by atoms with Crippen LogP contribution in [0.2, 0.25) is 5.02 Å². The quantitative estimate of drug-likeness (QED) is 0.773. The highest BCUT2D eigenvalue weighted by Crippen LogP contribution is 2.32. The number of carbonyl (C=O) groups is 1. The van der Waals surface area contributed by atoms with E-state index in [0.717, 1.165) is 18.2 Å². The number of cyclic esters (lactones) is 1. The number of rotatable bonds is 6. The van der Waals surface area contributed by atoms with Gasteiger partial charge in [0.15, 0.2) is 0 Å². The molecular formula is C16H13ClF2N2O5S. The van der Waals surface area contributed by atoms with Crippen LogP contribution in [-0.4, -0.2) is 34.3 Å². The fourth-order valence-electron chi connectivity index (χ4n) is 2.45. The minimum absolute atomic E-state index is 0.153. The van der Waals surface area contributed by atoms with E-state index in [4.69, 9.17) is 16.3 Å². The Kier molecular flexibility index (Phi) is 5.38. The summed E-state index contributed by atoms with van der Waals surface area (Å²) in [6.45, 7) is -2.61. The number of nitrogens with one attached hydrogen (secondary N) is 1. The van der Waals surface area contributed by atoms with Gasteiger partial charge in [0.05, 0.1) is 27.8 Å². The summed E-state index contributed by atoms with van der Waals surface area (Å²) in [5, 5.41) is -0.283. The predicted molar refractivity (Wildman–Crippen MR) is 94.0 cm³/mol. The third kappa shape index (κ3) is 4.22. The van der Waals surface area contributed by atoms with Crippen LogP contribution in [0.4, 0.5) is 25.0 Å². The molecule has 1 fully saturated rings. The minimum atomic E-state index is -4.11. The second kappa shape index (κ2) is 7.57. The van der Waals surface area contributed by atoms with Gasteiger partial charge in [-0.1, -0.05) is 23.7 Å². The van der Waals surface area contributed by atoms with Crippen LogP contribution in [0, 0.1) is 0 Å². The lowest BCUT2D eigenvalue weighted by Crippen LogP contribution is -2.25. The lowest BCUT2D eigenvalue weighted by Gasteiger charge is -2.18. The zero-order valence-corrected chi connectivity index (χ0v) is 15.1. The Morgan fingerprint density at radius 1 is 1.22 bits per heavy atom. The Hall–Kier alpha value is -2.59. The van der Waals surface area contributed by atoms with Crippen molar-refractivity contribution in [2.45, 2.75) is 11.5 Å². The molecule has 11 heteroatoms. The molecule has 1 N–H and O–H groups in total. The van der Waals surface area contributed by atoms with Gasteiger partial charge in [0.25, 0.3) is 10.0 Å². The van der Waals surface area contributed by atoms with Gasteiger partial charge in [-0.25, -0.2) is 13.2 Å². The third-order valence-electron chi connectivity index (χ3n) is 3.63. The molecule has 144 valence electrons. The van der Waals surface area contributed by atoms with Crippen LogP contribution in [0.3, 0.4) is 0 Å². The molecule has 7 nitrogen and oxygen atoms in total. The van der Waals surface area contributed by atoms with E-state index >= 15 is 0 Å². The molecule has 0 radical (unpaired) electrons. The molecule has 0 saturated carbocycles. The highest BCUT2D eigenvalue weighted by Gasteiger charge is 2.27. The summed E-state index contributed by atoms with van der Waals surface area (Å²) >= 11 is 5.82. The molecule has 3 rings (SSSR count). The van der Waals surface area contributed by atoms with Crippen molar-refractivity contribution in [1.29, 1.82) is 0 Å². The van der Waals surface area contributed by atoms with Crippen molar-refractivity contribution < 1.29 is 31.5 Å². The van der Waals surface area contributed by atoms with Crippen LogP contribution >= 0.6 is 11.6 Å². The maximum atomic E-state index is 12.6. The molecule has 0 aliphatic carbocycles. The largest absolute Gasteiger partial charge is 0.447 e. The average molecular weight is 419 g/mol. The maximum absolute atomic E-state index is 12.6. The van der Waals surface area contributed by atoms with Gasteiger partial charge in [0.2, 0.25) is 0 Å². The zero-order chi connectivity index (χ0) is 19.6. The number of nitrogens with zero attached hydrogens (tertiary/aromatic N) is 1. The van der Waals surface area contributed by atoms with E-state index in [1.165, 1.54) is 11.0 Å². The first-order valence-corrected chi connectivity index (χ1v) is 9.44. The number of hydrogen-bond acceptors (Lipinski definition) is 5. The summed E-state index contributed by atoms with van der Waals surface area (Å²) in [7, 11) is -4.11. The van der Waals surface area contributed by atoms with E-state index in [1.54, 1.807) is 18.2 Å². The van der Waals surface area contributed by atoms with E-state index in [0.29, 0.717) is 5.69 Å². The van der Waals surface area contributed by atoms with Crippen molar-refractivity contribution in [3.63, 3.8) is 0 Å². The van der Waals surface area contributed by atoms with Crippen molar-refractivity contribution in [1.82, 2.24) is 0 Å². The lowest BCUT2D eigenvalue weighted by atomic mass is 10.2. The number of benzene rings is 2. The van der Waals surface area contributed by atoms with Crippen molar-refractivity contribution >= 4 is 39.1 Å². The Morgan fingerprint density at radius 3 is 2.59 bits per heavy atom. The molecule has 27 heavy (non-hydrogen) atoms. The fraction of sp³-hybridized carbons (Fsp3) is 0.188. The van der Waals surface area contributed by atoms with Crippen LogP contribution in [0.1, 0.15) is 0 Å². The zero-order valence-electron chi connectivity index (χ0n) is 13.6. The first kappa shape index (κ1) is 19.2. The number of halogens is 3. The number of para-hydroxylation sites is 2. The first-order valence-electron chi connectivity index (χ1n) is 7.58. The van der Waals surface area contributed by atoms with Crippen molar-refractivity contribution in [3.8, 4) is 5.75 Å². The number of sulfonamides is 1. The molecular weight excluding hydrogens is 406 g/mol. The second-order valence-corrected chi connectivity index (χ2v) is 7.45. The predicted octanol–water partition coefficient (Wildman–Crippen LogP) is 3.70. The Bertz CT molecular complexity index is 971. The SMILES string of the molecule is O=C1OCCN1c1ccccc1NS(=O)(=O)c1ccc(OC(F)F)c(Cl)c1. The Balaban J connectivity index is 1.89. The molecule has 1 heterocycles. The number of hydrogen-bond donors (Lipinski definition) is 1. The van der Waals surface area contributed by atoms with Crippen LogP contribution < -0.4 is 14.4 Å². The molecule has 1 amide bonds. The molecule has 0 atom stereocenters. The van der Waals surface area contributed by atoms with E-state index in [2.05, 4.69) is 9.46 Å². The normalized spacial score (nSPS) is 14.4. The standard InChI is InChI=1S/C16H13ClF2N2O5S/c17-11-9-10(5-6-14(11)26-15(18)19)27(23,24)20-12-3-1-2-4-13(12)21-7-8-25-16(21)22/h1-6,9,15,20H,7-8H2. The van der Waals surface area contributed by atoms with Crippen LogP contribution in [0.5, 0.6) is 5.75 Å². The molecule has 2 aromatic carbocycles. The van der Waals surface area contributed by atoms with Gasteiger partial charge >= 0.3 is 12.7 Å². The number of alkyl halides is 2. The second-order valence-electron chi connectivity index (χ2n) is 5.36. The van der Waals surface area contributed by atoms with Gasteiger partial charge in [-0.3, -0.25) is 9.62 Å². The highest BCUT2D eigenvalue weighted by atomic mass is 35.5. The van der Waals surface area contributed by atoms with E-state index in [9.17, 15) is 22.0 Å². The maximum Gasteiger partial charge on any atom is 0.414 e. The number of amides is 1. The molecule has 1 saturated heterocycles. The molecule has 0 unspecified atom stereocenters. The van der Waals surface area contributed by atoms with E-state index < -0.39 is 22.7 Å². The Morgan fingerprint density at radius 2 is 1.96 bits per heavy atom. The fourth-order valence-corrected chi connectivity index (χ4v) is 3.84. The molecule has 0 bridgehead atoms. The van der Waals surface area contributed by atoms with Gasteiger partial charge in [0.1, 0.15) is 12.4 Å². The number of anilines is 2. The number of carbonyl (C=O) groups excluding carboxylic acids is 1. The summed E-state index contributed by atoms with van der Waals surface area (Å²) in [5.41, 5.74) is 0.479. The summed E-state index contributed by atoms with van der Waals surface area (Å²) in [6, 6.07) is 9.40. The summed E-state index contributed by atoms with van der Waals surface area (Å²) < 4.78 is 61.3. The van der Waals surface area contributed by atoms with Crippen LogP contribution in [0.25, 0.3) is 0 Å². The first-order chi connectivity index (χ1) is 12.8. The molecule has 1 aliphatic rings. The van der Waals surface area contributed by atoms with Gasteiger partial charge in [-0.05, 0) is 30.3 Å².